The summed E-state index contributed by atoms with van der Waals surface area (Å²) in [5.41, 5.74) is 2.33. The van der Waals surface area contributed by atoms with E-state index in [1.165, 1.54) is 6.07 Å². The maximum Gasteiger partial charge on any atom is 0.203 e. The molecule has 0 atom stereocenters. The van der Waals surface area contributed by atoms with Crippen molar-refractivity contribution >= 4 is 0 Å². The fourth-order valence-electron chi connectivity index (χ4n) is 1.97. The van der Waals surface area contributed by atoms with Gasteiger partial charge in [-0.3, -0.25) is 9.48 Å². The molecule has 1 radical (unpaired) electrons. The largest absolute Gasteiger partial charge is 0.288 e. The third-order valence-corrected chi connectivity index (χ3v) is 2.99. The highest BCUT2D eigenvalue weighted by Gasteiger charge is 2.06. The lowest BCUT2D eigenvalue weighted by Crippen LogP contribution is -2.16. The first-order valence-electron chi connectivity index (χ1n) is 6.25. The average Bonchev–Trinajstić information content (AvgIpc) is 2.89. The number of aromatic nitrogens is 4. The van der Waals surface area contributed by atoms with Crippen molar-refractivity contribution in [3.63, 3.8) is 0 Å². The zero-order valence-electron chi connectivity index (χ0n) is 11.0. The first-order valence-corrected chi connectivity index (χ1v) is 6.25. The molecule has 2 aromatic heterocycles. The van der Waals surface area contributed by atoms with Gasteiger partial charge in [-0.1, -0.05) is 24.3 Å². The Kier molecular flexibility index (Phi) is 3.16. The molecule has 20 heavy (non-hydrogen) atoms. The van der Waals surface area contributed by atoms with Gasteiger partial charge in [0.05, 0.1) is 12.4 Å². The maximum absolute atomic E-state index is 11.9. The van der Waals surface area contributed by atoms with E-state index >= 15 is 0 Å². The number of hydrogen-bond donors (Lipinski definition) is 0. The van der Waals surface area contributed by atoms with Crippen molar-refractivity contribution < 1.29 is 0 Å². The summed E-state index contributed by atoms with van der Waals surface area (Å²) in [6.45, 7) is 0. The summed E-state index contributed by atoms with van der Waals surface area (Å²) < 4.78 is 3.36. The molecule has 99 valence electrons. The van der Waals surface area contributed by atoms with Gasteiger partial charge in [-0.15, -0.1) is 0 Å². The minimum absolute atomic E-state index is 0.0574. The summed E-state index contributed by atoms with van der Waals surface area (Å²) in [5, 5.41) is 8.49. The van der Waals surface area contributed by atoms with Crippen LogP contribution in [0.25, 0.3) is 5.69 Å². The van der Waals surface area contributed by atoms with Gasteiger partial charge in [-0.05, 0) is 11.6 Å². The van der Waals surface area contributed by atoms with Crippen LogP contribution < -0.4 is 5.43 Å². The van der Waals surface area contributed by atoms with E-state index in [4.69, 9.17) is 0 Å². The van der Waals surface area contributed by atoms with Gasteiger partial charge in [0, 0.05) is 25.7 Å². The van der Waals surface area contributed by atoms with Gasteiger partial charge < -0.3 is 0 Å². The van der Waals surface area contributed by atoms with Gasteiger partial charge in [0.2, 0.25) is 5.43 Å². The Morgan fingerprint density at radius 3 is 2.75 bits per heavy atom. The predicted octanol–water partition coefficient (Wildman–Crippen LogP) is 1.36. The zero-order chi connectivity index (χ0) is 13.9. The lowest BCUT2D eigenvalue weighted by atomic mass is 10.1. The van der Waals surface area contributed by atoms with E-state index in [1.54, 1.807) is 21.8 Å². The molecule has 0 bridgehead atoms. The second-order valence-electron chi connectivity index (χ2n) is 4.53. The molecule has 3 aromatic rings. The Balaban J connectivity index is 1.97. The number of benzene rings is 1. The van der Waals surface area contributed by atoms with E-state index in [0.29, 0.717) is 12.1 Å². The predicted molar refractivity (Wildman–Crippen MR) is 74.7 cm³/mol. The summed E-state index contributed by atoms with van der Waals surface area (Å²) in [7, 11) is 1.84. The maximum atomic E-state index is 11.9. The van der Waals surface area contributed by atoms with Crippen molar-refractivity contribution in [3.8, 4) is 5.69 Å². The highest BCUT2D eigenvalue weighted by molar-refractivity contribution is 5.25. The van der Waals surface area contributed by atoms with Crippen LogP contribution in [-0.2, 0) is 13.5 Å². The van der Waals surface area contributed by atoms with E-state index < -0.39 is 0 Å². The van der Waals surface area contributed by atoms with E-state index in [0.717, 1.165) is 11.3 Å². The fraction of sp³-hybridized carbons (Fsp3) is 0.133. The van der Waals surface area contributed by atoms with Gasteiger partial charge in [0.15, 0.2) is 0 Å². The van der Waals surface area contributed by atoms with Crippen LogP contribution in [0.2, 0.25) is 0 Å². The standard InChI is InChI=1S/C15H13N4O/c1-18-11-13(10-16-18)19-8-7-15(20)14(17-19)9-12-5-3-2-4-6-12/h3-8,10-11H,9H2,1H3. The van der Waals surface area contributed by atoms with Crippen LogP contribution in [0.3, 0.4) is 0 Å². The highest BCUT2D eigenvalue weighted by Crippen LogP contribution is 2.06. The Bertz CT molecular complexity index is 774. The minimum atomic E-state index is -0.0574. The number of aryl methyl sites for hydroxylation is 1. The minimum Gasteiger partial charge on any atom is -0.288 e. The number of nitrogens with zero attached hydrogens (tertiary/aromatic N) is 4. The van der Waals surface area contributed by atoms with Gasteiger partial charge in [-0.25, -0.2) is 4.68 Å². The molecule has 0 aliphatic rings. The normalized spacial score (nSPS) is 10.7. The summed E-state index contributed by atoms with van der Waals surface area (Å²) >= 11 is 0. The summed E-state index contributed by atoms with van der Waals surface area (Å²) in [6.07, 6.45) is 5.72. The molecular formula is C15H13N4O. The third-order valence-electron chi connectivity index (χ3n) is 2.99. The van der Waals surface area contributed by atoms with Crippen LogP contribution in [0.5, 0.6) is 0 Å². The summed E-state index contributed by atoms with van der Waals surface area (Å²) in [5.74, 6) is 0. The van der Waals surface area contributed by atoms with Crippen LogP contribution in [0.4, 0.5) is 0 Å². The smallest absolute Gasteiger partial charge is 0.203 e. The molecule has 0 saturated heterocycles. The van der Waals surface area contributed by atoms with Crippen LogP contribution in [0.1, 0.15) is 11.3 Å². The third kappa shape index (κ3) is 2.51. The Morgan fingerprint density at radius 2 is 2.05 bits per heavy atom. The van der Waals surface area contributed by atoms with Crippen molar-refractivity contribution in [1.29, 1.82) is 0 Å². The molecule has 3 rings (SSSR count). The number of rotatable bonds is 3. The first-order chi connectivity index (χ1) is 9.72. The molecule has 0 N–H and O–H groups in total. The average molecular weight is 265 g/mol. The van der Waals surface area contributed by atoms with Gasteiger partial charge >= 0.3 is 0 Å². The second-order valence-corrected chi connectivity index (χ2v) is 4.53. The molecule has 0 saturated carbocycles. The Morgan fingerprint density at radius 1 is 1.25 bits per heavy atom. The van der Waals surface area contributed by atoms with Crippen molar-refractivity contribution in [2.75, 3.05) is 0 Å². The van der Waals surface area contributed by atoms with E-state index in [9.17, 15) is 4.79 Å². The molecule has 2 heterocycles. The second kappa shape index (κ2) is 5.13. The topological polar surface area (TPSA) is 52.7 Å². The SMILES string of the molecule is Cn1cc(-n2ccc(=O)c(Cc3cc[c]cc3)n2)cn1. The molecular weight excluding hydrogens is 252 g/mol. The van der Waals surface area contributed by atoms with Gasteiger partial charge in [-0.2, -0.15) is 10.2 Å². The monoisotopic (exact) mass is 265 g/mol. The molecule has 0 spiro atoms. The fourth-order valence-corrected chi connectivity index (χ4v) is 1.97. The molecule has 5 heteroatoms. The lowest BCUT2D eigenvalue weighted by Gasteiger charge is -2.05. The van der Waals surface area contributed by atoms with Gasteiger partial charge in [0.25, 0.3) is 0 Å². The quantitative estimate of drug-likeness (QED) is 0.718. The number of hydrogen-bond acceptors (Lipinski definition) is 3. The molecule has 0 unspecified atom stereocenters. The van der Waals surface area contributed by atoms with E-state index in [2.05, 4.69) is 16.3 Å². The van der Waals surface area contributed by atoms with Crippen LogP contribution in [-0.4, -0.2) is 19.6 Å². The molecule has 1 aromatic carbocycles. The first kappa shape index (κ1) is 12.3. The lowest BCUT2D eigenvalue weighted by molar-refractivity contribution is 0.762. The molecule has 0 fully saturated rings. The Labute approximate surface area is 116 Å². The zero-order valence-corrected chi connectivity index (χ0v) is 11.0. The van der Waals surface area contributed by atoms with E-state index in [1.807, 2.05) is 37.5 Å². The van der Waals surface area contributed by atoms with Crippen LogP contribution in [0, 0.1) is 6.07 Å². The molecule has 0 amide bonds. The van der Waals surface area contributed by atoms with E-state index in [-0.39, 0.29) is 5.43 Å². The highest BCUT2D eigenvalue weighted by atomic mass is 16.1. The molecule has 0 aliphatic heterocycles. The molecule has 5 nitrogen and oxygen atoms in total. The van der Waals surface area contributed by atoms with Crippen molar-refractivity contribution in [2.45, 2.75) is 6.42 Å². The summed E-state index contributed by atoms with van der Waals surface area (Å²) in [6, 6.07) is 12.0. The molecule has 0 aliphatic carbocycles. The van der Waals surface area contributed by atoms with Crippen LogP contribution in [0.15, 0.2) is 53.7 Å². The van der Waals surface area contributed by atoms with Crippen molar-refractivity contribution in [3.05, 3.63) is 76.5 Å². The van der Waals surface area contributed by atoms with Crippen LogP contribution >= 0.6 is 0 Å². The Hall–Kier alpha value is -2.69. The van der Waals surface area contributed by atoms with Crippen molar-refractivity contribution in [1.82, 2.24) is 19.6 Å². The van der Waals surface area contributed by atoms with Crippen molar-refractivity contribution in [2.24, 2.45) is 7.05 Å². The van der Waals surface area contributed by atoms with Gasteiger partial charge in [0.1, 0.15) is 11.4 Å². The summed E-state index contributed by atoms with van der Waals surface area (Å²) in [4.78, 5) is 11.9.